The van der Waals surface area contributed by atoms with Gasteiger partial charge in [-0.3, -0.25) is 0 Å². The Morgan fingerprint density at radius 3 is 2.77 bits per heavy atom. The number of anilines is 1. The molecule has 0 aliphatic rings. The fraction of sp³-hybridized carbons (Fsp3) is 0.111. The third kappa shape index (κ3) is 1.70. The van der Waals surface area contributed by atoms with Crippen LogP contribution in [0.2, 0.25) is 0 Å². The van der Waals surface area contributed by atoms with Crippen LogP contribution in [-0.4, -0.2) is 5.10 Å². The van der Waals surface area contributed by atoms with Gasteiger partial charge in [0.25, 0.3) is 0 Å². The normalized spacial score (nSPS) is 9.62. The number of nitrogen functional groups attached to an aromatic ring is 1. The quantitative estimate of drug-likeness (QED) is 0.479. The van der Waals surface area contributed by atoms with E-state index in [0.717, 1.165) is 16.6 Å². The standard InChI is InChI=1S/C9H10N3.ClH/c1-12-6-8(10)7-4-2-3-5-9(7)11-12;/h2-6H,1H3,(H2,10,11);1H/q+1;/p-1. The summed E-state index contributed by atoms with van der Waals surface area (Å²) >= 11 is 0. The summed E-state index contributed by atoms with van der Waals surface area (Å²) in [5, 5.41) is 5.28. The van der Waals surface area contributed by atoms with Gasteiger partial charge < -0.3 is 18.1 Å². The third-order valence-corrected chi connectivity index (χ3v) is 1.81. The van der Waals surface area contributed by atoms with Crippen LogP contribution < -0.4 is 22.8 Å². The van der Waals surface area contributed by atoms with Gasteiger partial charge in [0.2, 0.25) is 6.20 Å². The van der Waals surface area contributed by atoms with Gasteiger partial charge in [0, 0.05) is 5.39 Å². The maximum atomic E-state index is 5.80. The molecular weight excluding hydrogens is 186 g/mol. The molecule has 68 valence electrons. The van der Waals surface area contributed by atoms with E-state index in [9.17, 15) is 0 Å². The molecule has 3 nitrogen and oxygen atoms in total. The van der Waals surface area contributed by atoms with Gasteiger partial charge in [-0.25, -0.2) is 0 Å². The summed E-state index contributed by atoms with van der Waals surface area (Å²) < 4.78 is 1.72. The summed E-state index contributed by atoms with van der Waals surface area (Å²) in [6.45, 7) is 0. The van der Waals surface area contributed by atoms with Crippen molar-refractivity contribution in [3.05, 3.63) is 30.5 Å². The van der Waals surface area contributed by atoms with Crippen molar-refractivity contribution < 1.29 is 17.1 Å². The van der Waals surface area contributed by atoms with Gasteiger partial charge >= 0.3 is 0 Å². The highest BCUT2D eigenvalue weighted by Gasteiger charge is 2.03. The topological polar surface area (TPSA) is 42.8 Å². The van der Waals surface area contributed by atoms with E-state index in [1.807, 2.05) is 37.5 Å². The van der Waals surface area contributed by atoms with Crippen molar-refractivity contribution in [2.24, 2.45) is 7.05 Å². The van der Waals surface area contributed by atoms with Crippen LogP contribution in [0.3, 0.4) is 0 Å². The first-order valence-corrected chi connectivity index (χ1v) is 3.78. The highest BCUT2D eigenvalue weighted by molar-refractivity contribution is 5.88. The van der Waals surface area contributed by atoms with Crippen LogP contribution in [-0.2, 0) is 7.05 Å². The molecule has 1 aromatic carbocycles. The number of benzene rings is 1. The third-order valence-electron chi connectivity index (χ3n) is 1.81. The lowest BCUT2D eigenvalue weighted by atomic mass is 10.2. The summed E-state index contributed by atoms with van der Waals surface area (Å²) in [4.78, 5) is 0. The predicted octanol–water partition coefficient (Wildman–Crippen LogP) is -2.35. The van der Waals surface area contributed by atoms with E-state index in [1.165, 1.54) is 0 Å². The zero-order chi connectivity index (χ0) is 8.55. The number of aromatic nitrogens is 2. The van der Waals surface area contributed by atoms with Crippen molar-refractivity contribution in [1.82, 2.24) is 5.10 Å². The highest BCUT2D eigenvalue weighted by Crippen LogP contribution is 2.14. The van der Waals surface area contributed by atoms with Crippen LogP contribution in [0.15, 0.2) is 30.5 Å². The minimum absolute atomic E-state index is 0. The van der Waals surface area contributed by atoms with Crippen molar-refractivity contribution in [2.45, 2.75) is 0 Å². The molecule has 0 unspecified atom stereocenters. The van der Waals surface area contributed by atoms with Gasteiger partial charge in [-0.15, -0.1) is 0 Å². The number of nitrogens with two attached hydrogens (primary N) is 1. The first kappa shape index (κ1) is 9.74. The average molecular weight is 196 g/mol. The second kappa shape index (κ2) is 3.58. The molecule has 0 radical (unpaired) electrons. The predicted molar refractivity (Wildman–Crippen MR) is 47.3 cm³/mol. The smallest absolute Gasteiger partial charge is 0.219 e. The van der Waals surface area contributed by atoms with E-state index in [2.05, 4.69) is 5.10 Å². The van der Waals surface area contributed by atoms with Crippen molar-refractivity contribution in [1.29, 1.82) is 0 Å². The van der Waals surface area contributed by atoms with Crippen molar-refractivity contribution in [2.75, 3.05) is 5.73 Å². The Morgan fingerprint density at radius 2 is 2.00 bits per heavy atom. The fourth-order valence-electron chi connectivity index (χ4n) is 1.27. The van der Waals surface area contributed by atoms with Gasteiger partial charge in [-0.05, 0) is 11.2 Å². The molecule has 13 heavy (non-hydrogen) atoms. The molecule has 2 rings (SSSR count). The summed E-state index contributed by atoms with van der Waals surface area (Å²) in [5.41, 5.74) is 7.49. The van der Waals surface area contributed by atoms with Gasteiger partial charge in [0.05, 0.1) is 0 Å². The van der Waals surface area contributed by atoms with Gasteiger partial charge in [-0.2, -0.15) is 0 Å². The van der Waals surface area contributed by atoms with E-state index in [0.29, 0.717) is 0 Å². The molecule has 2 aromatic rings. The Hall–Kier alpha value is -1.35. The molecule has 0 spiro atoms. The Kier molecular flexibility index (Phi) is 2.68. The molecule has 0 fully saturated rings. The van der Waals surface area contributed by atoms with Crippen LogP contribution in [0.5, 0.6) is 0 Å². The Labute approximate surface area is 82.6 Å². The first-order valence-electron chi connectivity index (χ1n) is 3.78. The number of nitrogens with zero attached hydrogens (tertiary/aromatic N) is 2. The van der Waals surface area contributed by atoms with Gasteiger partial charge in [0.15, 0.2) is 7.05 Å². The largest absolute Gasteiger partial charge is 1.00 e. The molecule has 0 amide bonds. The molecule has 0 saturated heterocycles. The van der Waals surface area contributed by atoms with Gasteiger partial charge in [0.1, 0.15) is 11.2 Å². The average Bonchev–Trinajstić information content (AvgIpc) is 2.04. The summed E-state index contributed by atoms with van der Waals surface area (Å²) in [5.74, 6) is 0. The second-order valence-corrected chi connectivity index (χ2v) is 2.78. The van der Waals surface area contributed by atoms with Crippen LogP contribution in [0, 0.1) is 0 Å². The number of hydrogen-bond acceptors (Lipinski definition) is 2. The van der Waals surface area contributed by atoms with Crippen LogP contribution in [0.1, 0.15) is 0 Å². The van der Waals surface area contributed by atoms with E-state index >= 15 is 0 Å². The number of fused-ring (bicyclic) bond motifs is 1. The number of aryl methyl sites for hydroxylation is 1. The molecule has 1 aromatic heterocycles. The zero-order valence-corrected chi connectivity index (χ0v) is 7.99. The maximum absolute atomic E-state index is 5.80. The monoisotopic (exact) mass is 195 g/mol. The molecule has 0 saturated carbocycles. The van der Waals surface area contributed by atoms with Crippen molar-refractivity contribution >= 4 is 16.6 Å². The number of hydrogen-bond donors (Lipinski definition) is 1. The lowest BCUT2D eigenvalue weighted by molar-refractivity contribution is -0.727. The maximum Gasteiger partial charge on any atom is 0.219 e. The minimum Gasteiger partial charge on any atom is -1.00 e. The summed E-state index contributed by atoms with van der Waals surface area (Å²) in [6.07, 6.45) is 1.81. The highest BCUT2D eigenvalue weighted by atomic mass is 35.5. The lowest BCUT2D eigenvalue weighted by Gasteiger charge is -1.96. The van der Waals surface area contributed by atoms with Crippen LogP contribution in [0.25, 0.3) is 10.9 Å². The first-order chi connectivity index (χ1) is 5.77. The minimum atomic E-state index is 0. The number of halogens is 1. The van der Waals surface area contributed by atoms with Crippen LogP contribution in [0.4, 0.5) is 5.69 Å². The van der Waals surface area contributed by atoms with Gasteiger partial charge in [-0.1, -0.05) is 22.9 Å². The molecule has 0 aliphatic carbocycles. The Balaban J connectivity index is 0.000000845. The Bertz CT molecular complexity index is 428. The van der Waals surface area contributed by atoms with E-state index in [1.54, 1.807) is 4.68 Å². The molecule has 1 heterocycles. The SMILES string of the molecule is C[n+]1cc(N)c2ccccc2n1.[Cl-]. The summed E-state index contributed by atoms with van der Waals surface area (Å²) in [7, 11) is 1.86. The van der Waals surface area contributed by atoms with E-state index in [4.69, 9.17) is 5.73 Å². The zero-order valence-electron chi connectivity index (χ0n) is 7.24. The molecule has 0 bridgehead atoms. The fourth-order valence-corrected chi connectivity index (χ4v) is 1.27. The molecular formula is C9H10ClN3. The summed E-state index contributed by atoms with van der Waals surface area (Å²) in [6, 6.07) is 7.83. The van der Waals surface area contributed by atoms with Crippen LogP contribution >= 0.6 is 0 Å². The van der Waals surface area contributed by atoms with E-state index in [-0.39, 0.29) is 12.4 Å². The Morgan fingerprint density at radius 1 is 1.31 bits per heavy atom. The van der Waals surface area contributed by atoms with Crippen molar-refractivity contribution in [3.63, 3.8) is 0 Å². The molecule has 4 heteroatoms. The number of rotatable bonds is 0. The lowest BCUT2D eigenvalue weighted by Crippen LogP contribution is -3.00. The van der Waals surface area contributed by atoms with Crippen molar-refractivity contribution in [3.8, 4) is 0 Å². The van der Waals surface area contributed by atoms with E-state index < -0.39 is 0 Å². The molecule has 0 aliphatic heterocycles. The second-order valence-electron chi connectivity index (χ2n) is 2.78. The molecule has 2 N–H and O–H groups in total. The molecule has 0 atom stereocenters.